The van der Waals surface area contributed by atoms with Crippen molar-refractivity contribution in [3.05, 3.63) is 16.3 Å². The van der Waals surface area contributed by atoms with E-state index in [0.717, 1.165) is 43.1 Å². The van der Waals surface area contributed by atoms with Crippen LogP contribution in [-0.4, -0.2) is 47.3 Å². The van der Waals surface area contributed by atoms with Gasteiger partial charge in [-0.3, -0.25) is 4.90 Å². The van der Waals surface area contributed by atoms with Crippen LogP contribution in [0.15, 0.2) is 0 Å². The van der Waals surface area contributed by atoms with Crippen LogP contribution in [0.5, 0.6) is 0 Å². The van der Waals surface area contributed by atoms with Gasteiger partial charge < -0.3 is 4.90 Å². The maximum Gasteiger partial charge on any atom is 0.155 e. The standard InChI is InChI=1S/C14H23ClN4/c1-5-18(6-2)12-7-8-19(9-12)14-11(4)10(3)13(15)16-17-14/h12H,5-9H2,1-4H3. The van der Waals surface area contributed by atoms with Crippen molar-refractivity contribution in [2.75, 3.05) is 31.1 Å². The third-order valence-electron chi connectivity index (χ3n) is 4.23. The molecule has 5 heteroatoms. The van der Waals surface area contributed by atoms with Crippen molar-refractivity contribution in [1.82, 2.24) is 15.1 Å². The van der Waals surface area contributed by atoms with Crippen LogP contribution in [-0.2, 0) is 0 Å². The fourth-order valence-corrected chi connectivity index (χ4v) is 3.02. The minimum absolute atomic E-state index is 0.515. The molecule has 4 nitrogen and oxygen atoms in total. The van der Waals surface area contributed by atoms with E-state index >= 15 is 0 Å². The van der Waals surface area contributed by atoms with Crippen molar-refractivity contribution in [3.8, 4) is 0 Å². The molecule has 1 aliphatic rings. The Morgan fingerprint density at radius 1 is 1.21 bits per heavy atom. The Labute approximate surface area is 120 Å². The normalized spacial score (nSPS) is 19.5. The molecule has 1 atom stereocenters. The Kier molecular flexibility index (Phi) is 4.63. The zero-order valence-electron chi connectivity index (χ0n) is 12.3. The molecule has 2 rings (SSSR count). The predicted octanol–water partition coefficient (Wildman–Crippen LogP) is 2.67. The van der Waals surface area contributed by atoms with Crippen LogP contribution in [0.25, 0.3) is 0 Å². The van der Waals surface area contributed by atoms with Crippen molar-refractivity contribution in [1.29, 1.82) is 0 Å². The fourth-order valence-electron chi connectivity index (χ4n) is 2.84. The number of halogens is 1. The number of nitrogens with zero attached hydrogens (tertiary/aromatic N) is 4. The van der Waals surface area contributed by atoms with Crippen LogP contribution in [0, 0.1) is 13.8 Å². The second kappa shape index (κ2) is 6.06. The molecule has 0 saturated carbocycles. The SMILES string of the molecule is CCN(CC)C1CCN(c2nnc(Cl)c(C)c2C)C1. The first-order chi connectivity index (χ1) is 9.08. The van der Waals surface area contributed by atoms with E-state index in [1.165, 1.54) is 6.42 Å². The van der Waals surface area contributed by atoms with Crippen LogP contribution in [0.2, 0.25) is 5.15 Å². The quantitative estimate of drug-likeness (QED) is 0.850. The third-order valence-corrected chi connectivity index (χ3v) is 4.59. The summed E-state index contributed by atoms with van der Waals surface area (Å²) in [4.78, 5) is 4.86. The van der Waals surface area contributed by atoms with Crippen molar-refractivity contribution in [2.24, 2.45) is 0 Å². The van der Waals surface area contributed by atoms with Gasteiger partial charge in [-0.05, 0) is 44.5 Å². The maximum absolute atomic E-state index is 6.02. The van der Waals surface area contributed by atoms with Crippen LogP contribution < -0.4 is 4.90 Å². The lowest BCUT2D eigenvalue weighted by molar-refractivity contribution is 0.232. The van der Waals surface area contributed by atoms with E-state index < -0.39 is 0 Å². The summed E-state index contributed by atoms with van der Waals surface area (Å²) in [6.45, 7) is 12.9. The molecule has 1 aromatic rings. The van der Waals surface area contributed by atoms with Crippen LogP contribution >= 0.6 is 11.6 Å². The second-order valence-corrected chi connectivity index (χ2v) is 5.53. The van der Waals surface area contributed by atoms with Gasteiger partial charge in [0.1, 0.15) is 0 Å². The highest BCUT2D eigenvalue weighted by Gasteiger charge is 2.28. The number of anilines is 1. The van der Waals surface area contributed by atoms with Crippen LogP contribution in [0.4, 0.5) is 5.82 Å². The molecule has 0 radical (unpaired) electrons. The first-order valence-corrected chi connectivity index (χ1v) is 7.44. The van der Waals surface area contributed by atoms with Gasteiger partial charge in [0.15, 0.2) is 11.0 Å². The van der Waals surface area contributed by atoms with E-state index in [2.05, 4.69) is 40.8 Å². The van der Waals surface area contributed by atoms with Gasteiger partial charge in [0.2, 0.25) is 0 Å². The summed E-state index contributed by atoms with van der Waals surface area (Å²) in [5, 5.41) is 8.86. The number of rotatable bonds is 4. The molecule has 1 aliphatic heterocycles. The molecule has 1 fully saturated rings. The average Bonchev–Trinajstić information content (AvgIpc) is 2.87. The molecular weight excluding hydrogens is 260 g/mol. The first kappa shape index (κ1) is 14.5. The molecule has 1 unspecified atom stereocenters. The largest absolute Gasteiger partial charge is 0.353 e. The molecule has 0 aromatic carbocycles. The van der Waals surface area contributed by atoms with E-state index in [9.17, 15) is 0 Å². The molecule has 0 bridgehead atoms. The highest BCUT2D eigenvalue weighted by atomic mass is 35.5. The van der Waals surface area contributed by atoms with Gasteiger partial charge >= 0.3 is 0 Å². The summed E-state index contributed by atoms with van der Waals surface area (Å²) < 4.78 is 0. The Morgan fingerprint density at radius 3 is 2.53 bits per heavy atom. The summed E-state index contributed by atoms with van der Waals surface area (Å²) >= 11 is 6.02. The summed E-state index contributed by atoms with van der Waals surface area (Å²) in [7, 11) is 0. The van der Waals surface area contributed by atoms with Crippen LogP contribution in [0.1, 0.15) is 31.4 Å². The molecular formula is C14H23ClN4. The molecule has 1 saturated heterocycles. The highest BCUT2D eigenvalue weighted by molar-refractivity contribution is 6.30. The minimum atomic E-state index is 0.515. The van der Waals surface area contributed by atoms with Gasteiger partial charge in [-0.1, -0.05) is 25.4 Å². The Morgan fingerprint density at radius 2 is 1.89 bits per heavy atom. The van der Waals surface area contributed by atoms with Gasteiger partial charge in [0.05, 0.1) is 0 Å². The van der Waals surface area contributed by atoms with Gasteiger partial charge in [-0.2, -0.15) is 0 Å². The lowest BCUT2D eigenvalue weighted by Gasteiger charge is -2.26. The molecule has 0 N–H and O–H groups in total. The summed E-state index contributed by atoms with van der Waals surface area (Å²) in [5.74, 6) is 0.997. The first-order valence-electron chi connectivity index (χ1n) is 7.06. The third kappa shape index (κ3) is 2.84. The average molecular weight is 283 g/mol. The minimum Gasteiger partial charge on any atom is -0.353 e. The topological polar surface area (TPSA) is 32.3 Å². The highest BCUT2D eigenvalue weighted by Crippen LogP contribution is 2.27. The summed E-state index contributed by atoms with van der Waals surface area (Å²) in [6.07, 6.45) is 1.20. The van der Waals surface area contributed by atoms with Crippen molar-refractivity contribution >= 4 is 17.4 Å². The van der Waals surface area contributed by atoms with Gasteiger partial charge in [0, 0.05) is 19.1 Å². The van der Waals surface area contributed by atoms with Crippen LogP contribution in [0.3, 0.4) is 0 Å². The molecule has 19 heavy (non-hydrogen) atoms. The van der Waals surface area contributed by atoms with Gasteiger partial charge in [0.25, 0.3) is 0 Å². The molecule has 2 heterocycles. The van der Waals surface area contributed by atoms with Crippen molar-refractivity contribution < 1.29 is 0 Å². The van der Waals surface area contributed by atoms with E-state index in [0.29, 0.717) is 11.2 Å². The number of likely N-dealkylation sites (N-methyl/N-ethyl adjacent to an activating group) is 1. The van der Waals surface area contributed by atoms with Gasteiger partial charge in [-0.15, -0.1) is 10.2 Å². The maximum atomic E-state index is 6.02. The second-order valence-electron chi connectivity index (χ2n) is 5.17. The van der Waals surface area contributed by atoms with E-state index in [1.54, 1.807) is 0 Å². The molecule has 0 amide bonds. The molecule has 0 spiro atoms. The van der Waals surface area contributed by atoms with Crippen molar-refractivity contribution in [3.63, 3.8) is 0 Å². The Hall–Kier alpha value is -0.870. The van der Waals surface area contributed by atoms with E-state index in [1.807, 2.05) is 6.92 Å². The fraction of sp³-hybridized carbons (Fsp3) is 0.714. The zero-order chi connectivity index (χ0) is 14.0. The molecule has 1 aromatic heterocycles. The Bertz CT molecular complexity index is 445. The summed E-state index contributed by atoms with van der Waals surface area (Å²) in [5.41, 5.74) is 2.19. The molecule has 0 aliphatic carbocycles. The Balaban J connectivity index is 2.15. The van der Waals surface area contributed by atoms with E-state index in [-0.39, 0.29) is 0 Å². The van der Waals surface area contributed by atoms with E-state index in [4.69, 9.17) is 11.6 Å². The number of aromatic nitrogens is 2. The number of hydrogen-bond acceptors (Lipinski definition) is 4. The lowest BCUT2D eigenvalue weighted by atomic mass is 10.2. The smallest absolute Gasteiger partial charge is 0.155 e. The monoisotopic (exact) mass is 282 g/mol. The van der Waals surface area contributed by atoms with Crippen molar-refractivity contribution in [2.45, 2.75) is 40.2 Å². The lowest BCUT2D eigenvalue weighted by Crippen LogP contribution is -2.37. The zero-order valence-corrected chi connectivity index (χ0v) is 13.0. The van der Waals surface area contributed by atoms with Gasteiger partial charge in [-0.25, -0.2) is 0 Å². The number of hydrogen-bond donors (Lipinski definition) is 0. The molecule has 106 valence electrons. The summed E-state index contributed by atoms with van der Waals surface area (Å²) in [6, 6.07) is 0.632. The predicted molar refractivity (Wildman–Crippen MR) is 80.1 cm³/mol.